The van der Waals surface area contributed by atoms with E-state index in [0.29, 0.717) is 24.3 Å². The summed E-state index contributed by atoms with van der Waals surface area (Å²) in [5, 5.41) is 0. The highest BCUT2D eigenvalue weighted by Crippen LogP contribution is 2.39. The number of carbonyl (C=O) groups is 1. The third-order valence-corrected chi connectivity index (χ3v) is 9.10. The Hall–Kier alpha value is -3.19. The molecule has 0 radical (unpaired) electrons. The third-order valence-electron chi connectivity index (χ3n) is 7.97. The van der Waals surface area contributed by atoms with Gasteiger partial charge in [-0.05, 0) is 71.8 Å². The summed E-state index contributed by atoms with van der Waals surface area (Å²) < 4.78 is 34.8. The fraction of sp³-hybridized carbons (Fsp3) is 0.486. The van der Waals surface area contributed by atoms with E-state index in [-0.39, 0.29) is 17.5 Å². The fourth-order valence-electron chi connectivity index (χ4n) is 5.55. The Labute approximate surface area is 251 Å². The van der Waals surface area contributed by atoms with Crippen molar-refractivity contribution in [3.8, 4) is 22.6 Å². The van der Waals surface area contributed by atoms with E-state index in [0.717, 1.165) is 36.0 Å². The number of ether oxygens (including phenoxy) is 2. The van der Waals surface area contributed by atoms with Crippen LogP contribution in [0.2, 0.25) is 0 Å². The maximum absolute atomic E-state index is 12.9. The molecule has 2 heterocycles. The van der Waals surface area contributed by atoms with E-state index in [1.54, 1.807) is 24.3 Å². The Bertz CT molecular complexity index is 1370. The number of fused-ring (bicyclic) bond motifs is 1. The van der Waals surface area contributed by atoms with Gasteiger partial charge in [-0.25, -0.2) is 8.42 Å². The van der Waals surface area contributed by atoms with Crippen LogP contribution < -0.4 is 9.47 Å². The van der Waals surface area contributed by atoms with Crippen LogP contribution >= 0.6 is 0 Å². The molecule has 0 unspecified atom stereocenters. The number of aromatic nitrogens is 1. The Morgan fingerprint density at radius 1 is 0.786 bits per heavy atom. The van der Waals surface area contributed by atoms with Crippen LogP contribution in [0.4, 0.5) is 0 Å². The maximum atomic E-state index is 12.9. The second-order valence-corrected chi connectivity index (χ2v) is 13.5. The van der Waals surface area contributed by atoms with Gasteiger partial charge in [-0.2, -0.15) is 0 Å². The lowest BCUT2D eigenvalue weighted by atomic mass is 9.94. The zero-order valence-corrected chi connectivity index (χ0v) is 25.8. The summed E-state index contributed by atoms with van der Waals surface area (Å²) in [5.41, 5.74) is 3.95. The van der Waals surface area contributed by atoms with Gasteiger partial charge in [0.25, 0.3) is 0 Å². The predicted octanol–water partition coefficient (Wildman–Crippen LogP) is 8.31. The molecule has 7 heteroatoms. The Balaban J connectivity index is 1.09. The lowest BCUT2D eigenvalue weighted by Gasteiger charge is -2.12. The van der Waals surface area contributed by atoms with Crippen LogP contribution in [0, 0.1) is 0 Å². The number of nitrogens with zero attached hydrogens (tertiary/aromatic N) is 1. The van der Waals surface area contributed by atoms with Gasteiger partial charge >= 0.3 is 0 Å². The van der Waals surface area contributed by atoms with Gasteiger partial charge in [0.15, 0.2) is 21.3 Å². The molecule has 0 amide bonds. The number of aryl methyl sites for hydroxylation is 1. The normalized spacial score (nSPS) is 12.5. The number of sulfone groups is 1. The van der Waals surface area contributed by atoms with Gasteiger partial charge in [-0.15, -0.1) is 0 Å². The van der Waals surface area contributed by atoms with Gasteiger partial charge in [0.2, 0.25) is 6.79 Å². The minimum absolute atomic E-state index is 0.159. The summed E-state index contributed by atoms with van der Waals surface area (Å²) in [5.74, 6) is 1.50. The van der Waals surface area contributed by atoms with Crippen LogP contribution in [-0.2, 0) is 27.5 Å². The standard InChI is InChI=1S/C35H45NO5S/c1-42(38,39)32-20-18-29(19-21-32)33-25-35-34(40-27-41-35)24-30(33)23-31(37)17-13-11-9-7-5-3-2-4-6-8-10-12-15-28-16-14-22-36-26-28/h14,16,18-22,24-26H,2-13,15,17,23,27H2,1H3. The number of hydrogen-bond donors (Lipinski definition) is 0. The van der Waals surface area contributed by atoms with E-state index in [2.05, 4.69) is 11.1 Å². The molecule has 4 rings (SSSR count). The van der Waals surface area contributed by atoms with Gasteiger partial charge in [-0.3, -0.25) is 9.78 Å². The van der Waals surface area contributed by atoms with Crippen molar-refractivity contribution in [2.45, 2.75) is 101 Å². The summed E-state index contributed by atoms with van der Waals surface area (Å²) in [6.45, 7) is 0.159. The highest BCUT2D eigenvalue weighted by molar-refractivity contribution is 7.90. The van der Waals surface area contributed by atoms with Crippen molar-refractivity contribution < 1.29 is 22.7 Å². The van der Waals surface area contributed by atoms with Crippen LogP contribution in [0.25, 0.3) is 11.1 Å². The molecule has 0 saturated carbocycles. The van der Waals surface area contributed by atoms with Crippen LogP contribution in [0.3, 0.4) is 0 Å². The average molecular weight is 592 g/mol. The van der Waals surface area contributed by atoms with Crippen LogP contribution in [-0.4, -0.2) is 32.2 Å². The van der Waals surface area contributed by atoms with E-state index >= 15 is 0 Å². The summed E-state index contributed by atoms with van der Waals surface area (Å²) in [6.07, 6.45) is 22.0. The zero-order chi connectivity index (χ0) is 29.6. The number of benzene rings is 2. The molecule has 0 aliphatic carbocycles. The van der Waals surface area contributed by atoms with Gasteiger partial charge in [0.1, 0.15) is 5.78 Å². The number of pyridine rings is 1. The van der Waals surface area contributed by atoms with Gasteiger partial charge in [0.05, 0.1) is 4.90 Å². The molecule has 0 spiro atoms. The Kier molecular flexibility index (Phi) is 12.4. The van der Waals surface area contributed by atoms with E-state index in [4.69, 9.17) is 9.47 Å². The summed E-state index contributed by atoms with van der Waals surface area (Å²) in [4.78, 5) is 17.4. The van der Waals surface area contributed by atoms with E-state index in [1.807, 2.05) is 30.6 Å². The van der Waals surface area contributed by atoms with E-state index < -0.39 is 9.84 Å². The second kappa shape index (κ2) is 16.4. The number of Topliss-reactive ketones (excluding diaryl/α,β-unsaturated/α-hetero) is 1. The third kappa shape index (κ3) is 10.3. The molecule has 1 aliphatic heterocycles. The highest BCUT2D eigenvalue weighted by atomic mass is 32.2. The summed E-state index contributed by atoms with van der Waals surface area (Å²) in [6, 6.07) is 14.7. The van der Waals surface area contributed by atoms with Crippen molar-refractivity contribution in [1.82, 2.24) is 4.98 Å². The molecule has 42 heavy (non-hydrogen) atoms. The number of rotatable bonds is 19. The summed E-state index contributed by atoms with van der Waals surface area (Å²) >= 11 is 0. The lowest BCUT2D eigenvalue weighted by molar-refractivity contribution is -0.118. The van der Waals surface area contributed by atoms with Crippen molar-refractivity contribution in [3.05, 3.63) is 72.1 Å². The molecule has 1 aromatic heterocycles. The number of hydrogen-bond acceptors (Lipinski definition) is 6. The topological polar surface area (TPSA) is 82.6 Å². The first kappa shape index (κ1) is 31.7. The predicted molar refractivity (Wildman–Crippen MR) is 168 cm³/mol. The van der Waals surface area contributed by atoms with Crippen molar-refractivity contribution >= 4 is 15.6 Å². The monoisotopic (exact) mass is 591 g/mol. The number of ketones is 1. The Morgan fingerprint density at radius 3 is 1.98 bits per heavy atom. The van der Waals surface area contributed by atoms with Crippen LogP contribution in [0.1, 0.15) is 94.6 Å². The molecule has 0 saturated heterocycles. The smallest absolute Gasteiger partial charge is 0.231 e. The largest absolute Gasteiger partial charge is 0.454 e. The minimum atomic E-state index is -3.28. The maximum Gasteiger partial charge on any atom is 0.231 e. The minimum Gasteiger partial charge on any atom is -0.454 e. The first-order chi connectivity index (χ1) is 20.4. The van der Waals surface area contributed by atoms with Crippen molar-refractivity contribution in [2.24, 2.45) is 0 Å². The van der Waals surface area contributed by atoms with Gasteiger partial charge in [0, 0.05) is 31.5 Å². The van der Waals surface area contributed by atoms with E-state index in [1.165, 1.54) is 76.0 Å². The SMILES string of the molecule is CS(=O)(=O)c1ccc(-c2cc3c(cc2CC(=O)CCCCCCCCCCCCCCc2cccnc2)OCO3)cc1. The fourth-order valence-corrected chi connectivity index (χ4v) is 6.18. The van der Waals surface area contributed by atoms with Gasteiger partial charge < -0.3 is 9.47 Å². The number of unbranched alkanes of at least 4 members (excludes halogenated alkanes) is 11. The molecule has 1 aliphatic rings. The molecular formula is C35H45NO5S. The zero-order valence-electron chi connectivity index (χ0n) is 25.0. The quantitative estimate of drug-likeness (QED) is 0.130. The second-order valence-electron chi connectivity index (χ2n) is 11.5. The number of carbonyl (C=O) groups excluding carboxylic acids is 1. The van der Waals surface area contributed by atoms with Gasteiger partial charge in [-0.1, -0.05) is 82.4 Å². The van der Waals surface area contributed by atoms with Crippen LogP contribution in [0.15, 0.2) is 65.8 Å². The molecule has 0 fully saturated rings. The van der Waals surface area contributed by atoms with E-state index in [9.17, 15) is 13.2 Å². The molecule has 226 valence electrons. The molecule has 6 nitrogen and oxygen atoms in total. The van der Waals surface area contributed by atoms with Crippen molar-refractivity contribution in [2.75, 3.05) is 13.0 Å². The highest BCUT2D eigenvalue weighted by Gasteiger charge is 2.20. The molecular weight excluding hydrogens is 546 g/mol. The Morgan fingerprint density at radius 2 is 1.38 bits per heavy atom. The molecule has 0 atom stereocenters. The van der Waals surface area contributed by atoms with Crippen molar-refractivity contribution in [3.63, 3.8) is 0 Å². The first-order valence-electron chi connectivity index (χ1n) is 15.5. The molecule has 3 aromatic rings. The molecule has 0 N–H and O–H groups in total. The molecule has 2 aromatic carbocycles. The van der Waals surface area contributed by atoms with Crippen molar-refractivity contribution in [1.29, 1.82) is 0 Å². The average Bonchev–Trinajstić information content (AvgIpc) is 3.44. The lowest BCUT2D eigenvalue weighted by Crippen LogP contribution is -2.04. The first-order valence-corrected chi connectivity index (χ1v) is 17.4. The molecule has 0 bridgehead atoms. The summed E-state index contributed by atoms with van der Waals surface area (Å²) in [7, 11) is -3.28. The van der Waals surface area contributed by atoms with Crippen LogP contribution in [0.5, 0.6) is 11.5 Å².